The fraction of sp³-hybridized carbons (Fsp3) is 0.900. The molecule has 2 fully saturated rings. The van der Waals surface area contributed by atoms with E-state index in [1.807, 2.05) is 6.92 Å². The van der Waals surface area contributed by atoms with E-state index in [0.29, 0.717) is 12.1 Å². The van der Waals surface area contributed by atoms with Crippen molar-refractivity contribution >= 4 is 5.91 Å². The van der Waals surface area contributed by atoms with Crippen LogP contribution in [0.15, 0.2) is 0 Å². The number of ether oxygens (including phenoxy) is 1. The normalized spacial score (nSPS) is 31.8. The van der Waals surface area contributed by atoms with Gasteiger partial charge in [-0.1, -0.05) is 0 Å². The molecule has 2 N–H and O–H groups in total. The average molecular weight is 198 g/mol. The van der Waals surface area contributed by atoms with Crippen LogP contribution in [0.4, 0.5) is 0 Å². The molecule has 0 spiro atoms. The van der Waals surface area contributed by atoms with Crippen LogP contribution in [0.3, 0.4) is 0 Å². The monoisotopic (exact) mass is 198 g/mol. The summed E-state index contributed by atoms with van der Waals surface area (Å²) in [5.74, 6) is 0.421. The van der Waals surface area contributed by atoms with Crippen LogP contribution in [0.1, 0.15) is 19.8 Å². The van der Waals surface area contributed by atoms with Crippen molar-refractivity contribution in [3.8, 4) is 0 Å². The molecule has 1 heterocycles. The van der Waals surface area contributed by atoms with E-state index in [-0.39, 0.29) is 11.8 Å². The molecular weight excluding hydrogens is 180 g/mol. The van der Waals surface area contributed by atoms with Crippen molar-refractivity contribution in [1.82, 2.24) is 10.6 Å². The van der Waals surface area contributed by atoms with Crippen LogP contribution < -0.4 is 10.6 Å². The maximum Gasteiger partial charge on any atom is 0.225 e. The van der Waals surface area contributed by atoms with Gasteiger partial charge in [-0.3, -0.25) is 4.79 Å². The molecule has 0 atom stereocenters. The number of rotatable bonds is 4. The molecule has 1 saturated carbocycles. The number of amides is 1. The molecule has 0 aromatic rings. The Morgan fingerprint density at radius 2 is 2.21 bits per heavy atom. The highest BCUT2D eigenvalue weighted by Gasteiger charge is 2.33. The molecule has 1 aliphatic carbocycles. The van der Waals surface area contributed by atoms with Gasteiger partial charge in [-0.25, -0.2) is 0 Å². The maximum absolute atomic E-state index is 11.5. The number of hydrogen-bond acceptors (Lipinski definition) is 3. The maximum atomic E-state index is 11.5. The minimum atomic E-state index is 0.209. The fourth-order valence-electron chi connectivity index (χ4n) is 1.85. The Hall–Kier alpha value is -0.610. The van der Waals surface area contributed by atoms with Crippen LogP contribution in [-0.4, -0.2) is 37.7 Å². The molecule has 2 aliphatic rings. The van der Waals surface area contributed by atoms with E-state index < -0.39 is 0 Å². The summed E-state index contributed by atoms with van der Waals surface area (Å²) in [6.45, 7) is 4.46. The Kier molecular flexibility index (Phi) is 3.03. The molecule has 0 bridgehead atoms. The summed E-state index contributed by atoms with van der Waals surface area (Å²) in [6, 6.07) is 0.361. The zero-order valence-corrected chi connectivity index (χ0v) is 8.58. The molecular formula is C10H18N2O2. The van der Waals surface area contributed by atoms with Crippen molar-refractivity contribution < 1.29 is 9.53 Å². The van der Waals surface area contributed by atoms with Crippen molar-refractivity contribution in [1.29, 1.82) is 0 Å². The Morgan fingerprint density at radius 3 is 2.71 bits per heavy atom. The summed E-state index contributed by atoms with van der Waals surface area (Å²) in [4.78, 5) is 11.5. The minimum absolute atomic E-state index is 0.209. The topological polar surface area (TPSA) is 50.4 Å². The van der Waals surface area contributed by atoms with Crippen molar-refractivity contribution in [3.63, 3.8) is 0 Å². The third kappa shape index (κ3) is 2.07. The lowest BCUT2D eigenvalue weighted by Gasteiger charge is -2.37. The van der Waals surface area contributed by atoms with Crippen LogP contribution >= 0.6 is 0 Å². The van der Waals surface area contributed by atoms with E-state index >= 15 is 0 Å². The van der Waals surface area contributed by atoms with Gasteiger partial charge in [0.15, 0.2) is 0 Å². The Bertz CT molecular complexity index is 210. The van der Waals surface area contributed by atoms with Gasteiger partial charge in [0.1, 0.15) is 0 Å². The van der Waals surface area contributed by atoms with Crippen molar-refractivity contribution in [2.24, 2.45) is 5.92 Å². The standard InChI is InChI=1S/C10H18N2O2/c1-2-14-9-3-8(4-9)12-10(13)7-5-11-6-7/h7-9,11H,2-6H2,1H3,(H,12,13). The van der Waals surface area contributed by atoms with Crippen molar-refractivity contribution in [3.05, 3.63) is 0 Å². The Balaban J connectivity index is 1.61. The second-order valence-corrected chi connectivity index (χ2v) is 4.11. The highest BCUT2D eigenvalue weighted by Crippen LogP contribution is 2.23. The summed E-state index contributed by atoms with van der Waals surface area (Å²) < 4.78 is 5.43. The molecule has 0 aromatic heterocycles. The van der Waals surface area contributed by atoms with Gasteiger partial charge >= 0.3 is 0 Å². The molecule has 1 amide bonds. The molecule has 80 valence electrons. The lowest BCUT2D eigenvalue weighted by Crippen LogP contribution is -2.56. The number of carbonyl (C=O) groups is 1. The zero-order valence-electron chi connectivity index (χ0n) is 8.58. The molecule has 1 aliphatic heterocycles. The lowest BCUT2D eigenvalue weighted by molar-refractivity contribution is -0.129. The van der Waals surface area contributed by atoms with Crippen LogP contribution in [0, 0.1) is 5.92 Å². The second-order valence-electron chi connectivity index (χ2n) is 4.11. The van der Waals surface area contributed by atoms with Crippen molar-refractivity contribution in [2.45, 2.75) is 31.9 Å². The first-order valence-corrected chi connectivity index (χ1v) is 5.42. The van der Waals surface area contributed by atoms with E-state index in [1.165, 1.54) is 0 Å². The summed E-state index contributed by atoms with van der Waals surface area (Å²) in [5.41, 5.74) is 0. The first-order valence-electron chi connectivity index (χ1n) is 5.42. The lowest BCUT2D eigenvalue weighted by atomic mass is 9.88. The highest BCUT2D eigenvalue weighted by atomic mass is 16.5. The van der Waals surface area contributed by atoms with Gasteiger partial charge in [0.25, 0.3) is 0 Å². The van der Waals surface area contributed by atoms with Crippen LogP contribution in [0.2, 0.25) is 0 Å². The van der Waals surface area contributed by atoms with Gasteiger partial charge in [0.2, 0.25) is 5.91 Å². The fourth-order valence-corrected chi connectivity index (χ4v) is 1.85. The molecule has 0 aromatic carbocycles. The number of carbonyl (C=O) groups excluding carboxylic acids is 1. The molecule has 1 saturated heterocycles. The summed E-state index contributed by atoms with van der Waals surface area (Å²) in [6.07, 6.45) is 2.35. The van der Waals surface area contributed by atoms with Gasteiger partial charge in [-0.15, -0.1) is 0 Å². The quantitative estimate of drug-likeness (QED) is 0.662. The first-order chi connectivity index (χ1) is 6.79. The Morgan fingerprint density at radius 1 is 1.50 bits per heavy atom. The van der Waals surface area contributed by atoms with Gasteiger partial charge in [0, 0.05) is 25.7 Å². The van der Waals surface area contributed by atoms with E-state index in [4.69, 9.17) is 4.74 Å². The Labute approximate surface area is 84.4 Å². The minimum Gasteiger partial charge on any atom is -0.378 e. The number of hydrogen-bond donors (Lipinski definition) is 2. The smallest absolute Gasteiger partial charge is 0.225 e. The predicted molar refractivity (Wildman–Crippen MR) is 52.9 cm³/mol. The summed E-state index contributed by atoms with van der Waals surface area (Å²) in [5, 5.41) is 6.14. The van der Waals surface area contributed by atoms with Gasteiger partial charge in [-0.05, 0) is 19.8 Å². The third-order valence-electron chi connectivity index (χ3n) is 3.00. The third-order valence-corrected chi connectivity index (χ3v) is 3.00. The highest BCUT2D eigenvalue weighted by molar-refractivity contribution is 5.80. The molecule has 4 nitrogen and oxygen atoms in total. The van der Waals surface area contributed by atoms with Crippen LogP contribution in [0.25, 0.3) is 0 Å². The second kappa shape index (κ2) is 4.28. The van der Waals surface area contributed by atoms with Gasteiger partial charge < -0.3 is 15.4 Å². The van der Waals surface area contributed by atoms with Gasteiger partial charge in [-0.2, -0.15) is 0 Å². The van der Waals surface area contributed by atoms with E-state index in [9.17, 15) is 4.79 Å². The summed E-state index contributed by atoms with van der Waals surface area (Å²) >= 11 is 0. The van der Waals surface area contributed by atoms with E-state index in [1.54, 1.807) is 0 Å². The van der Waals surface area contributed by atoms with Crippen LogP contribution in [-0.2, 0) is 9.53 Å². The zero-order chi connectivity index (χ0) is 9.97. The average Bonchev–Trinajstić information content (AvgIpc) is 1.97. The summed E-state index contributed by atoms with van der Waals surface area (Å²) in [7, 11) is 0. The molecule has 4 heteroatoms. The van der Waals surface area contributed by atoms with Gasteiger partial charge in [0.05, 0.1) is 12.0 Å². The molecule has 2 rings (SSSR count). The van der Waals surface area contributed by atoms with Crippen molar-refractivity contribution in [2.75, 3.05) is 19.7 Å². The molecule has 0 unspecified atom stereocenters. The SMILES string of the molecule is CCOC1CC(NC(=O)C2CNC2)C1. The van der Waals surface area contributed by atoms with Crippen LogP contribution in [0.5, 0.6) is 0 Å². The predicted octanol–water partition coefficient (Wildman–Crippen LogP) is -0.110. The molecule has 14 heavy (non-hydrogen) atoms. The molecule has 0 radical (unpaired) electrons. The van der Waals surface area contributed by atoms with E-state index in [2.05, 4.69) is 10.6 Å². The van der Waals surface area contributed by atoms with E-state index in [0.717, 1.165) is 32.5 Å². The number of nitrogens with one attached hydrogen (secondary N) is 2. The first kappa shape index (κ1) is 9.93. The largest absolute Gasteiger partial charge is 0.378 e.